The highest BCUT2D eigenvalue weighted by atomic mass is 19.1. The SMILES string of the molecule is CF.O=CO.c1ccccc1. The van der Waals surface area contributed by atoms with Gasteiger partial charge in [0.25, 0.3) is 6.47 Å². The Bertz CT molecular complexity index is 115. The van der Waals surface area contributed by atoms with E-state index < -0.39 is 0 Å². The molecule has 1 rings (SSSR count). The van der Waals surface area contributed by atoms with E-state index in [0.29, 0.717) is 7.18 Å². The second-order valence-electron chi connectivity index (χ2n) is 1.26. The molecule has 0 bridgehead atoms. The number of benzene rings is 1. The Morgan fingerprint density at radius 2 is 1.09 bits per heavy atom. The van der Waals surface area contributed by atoms with Crippen LogP contribution in [-0.4, -0.2) is 18.8 Å². The molecule has 1 aromatic rings. The Morgan fingerprint density at radius 1 is 1.00 bits per heavy atom. The second-order valence-corrected chi connectivity index (χ2v) is 1.26. The van der Waals surface area contributed by atoms with Gasteiger partial charge in [-0.1, -0.05) is 36.4 Å². The van der Waals surface area contributed by atoms with Gasteiger partial charge in [0.15, 0.2) is 0 Å². The lowest BCUT2D eigenvalue weighted by molar-refractivity contribution is -0.122. The van der Waals surface area contributed by atoms with E-state index in [-0.39, 0.29) is 6.47 Å². The van der Waals surface area contributed by atoms with E-state index in [1.54, 1.807) is 0 Å². The van der Waals surface area contributed by atoms with Gasteiger partial charge in [0.1, 0.15) is 0 Å². The van der Waals surface area contributed by atoms with E-state index >= 15 is 0 Å². The maximum absolute atomic E-state index is 9.50. The molecule has 0 aromatic heterocycles. The van der Waals surface area contributed by atoms with Crippen molar-refractivity contribution in [3.63, 3.8) is 0 Å². The van der Waals surface area contributed by atoms with Crippen molar-refractivity contribution in [1.29, 1.82) is 0 Å². The zero-order valence-corrected chi connectivity index (χ0v) is 6.27. The maximum atomic E-state index is 9.50. The summed E-state index contributed by atoms with van der Waals surface area (Å²) in [4.78, 5) is 8.36. The third-order valence-corrected chi connectivity index (χ3v) is 0.667. The van der Waals surface area contributed by atoms with Gasteiger partial charge in [-0.15, -0.1) is 0 Å². The lowest BCUT2D eigenvalue weighted by Crippen LogP contribution is -1.49. The predicted octanol–water partition coefficient (Wildman–Crippen LogP) is 1.97. The van der Waals surface area contributed by atoms with Crippen LogP contribution in [0.25, 0.3) is 0 Å². The molecule has 62 valence electrons. The van der Waals surface area contributed by atoms with Crippen LogP contribution in [0, 0.1) is 0 Å². The summed E-state index contributed by atoms with van der Waals surface area (Å²) in [6, 6.07) is 12.0. The molecule has 0 aliphatic rings. The third-order valence-electron chi connectivity index (χ3n) is 0.667. The summed E-state index contributed by atoms with van der Waals surface area (Å²) >= 11 is 0. The van der Waals surface area contributed by atoms with Crippen LogP contribution >= 0.6 is 0 Å². The van der Waals surface area contributed by atoms with Gasteiger partial charge in [-0.25, -0.2) is 0 Å². The molecule has 0 aliphatic carbocycles. The van der Waals surface area contributed by atoms with Crippen LogP contribution in [0.5, 0.6) is 0 Å². The van der Waals surface area contributed by atoms with Gasteiger partial charge >= 0.3 is 0 Å². The fourth-order valence-corrected chi connectivity index (χ4v) is 0.385. The molecule has 0 amide bonds. The number of hydrogen-bond donors (Lipinski definition) is 1. The Kier molecular flexibility index (Phi) is 17.7. The molecule has 11 heavy (non-hydrogen) atoms. The minimum atomic E-state index is -0.250. The van der Waals surface area contributed by atoms with Crippen LogP contribution < -0.4 is 0 Å². The Morgan fingerprint density at radius 3 is 1.18 bits per heavy atom. The molecule has 3 heteroatoms. The van der Waals surface area contributed by atoms with Crippen molar-refractivity contribution in [3.05, 3.63) is 36.4 Å². The second kappa shape index (κ2) is 15.8. The number of hydrogen-bond acceptors (Lipinski definition) is 1. The molecule has 0 saturated heterocycles. The number of carboxylic acid groups (broad SMARTS) is 1. The summed E-state index contributed by atoms with van der Waals surface area (Å²) in [5, 5.41) is 6.89. The molecule has 0 radical (unpaired) electrons. The lowest BCUT2D eigenvalue weighted by atomic mass is 10.4. The van der Waals surface area contributed by atoms with Crippen LogP contribution in [0.4, 0.5) is 4.39 Å². The summed E-state index contributed by atoms with van der Waals surface area (Å²) < 4.78 is 9.50. The van der Waals surface area contributed by atoms with E-state index in [2.05, 4.69) is 0 Å². The largest absolute Gasteiger partial charge is 0.483 e. The topological polar surface area (TPSA) is 37.3 Å². The van der Waals surface area contributed by atoms with Gasteiger partial charge in [0, 0.05) is 0 Å². The van der Waals surface area contributed by atoms with Crippen molar-refractivity contribution in [2.24, 2.45) is 0 Å². The summed E-state index contributed by atoms with van der Waals surface area (Å²) in [7, 11) is 0.500. The fraction of sp³-hybridized carbons (Fsp3) is 0.125. The minimum absolute atomic E-state index is 0.250. The normalized spacial score (nSPS) is 6.00. The van der Waals surface area contributed by atoms with Crippen LogP contribution in [0.1, 0.15) is 0 Å². The number of halogens is 1. The fourth-order valence-electron chi connectivity index (χ4n) is 0.385. The minimum Gasteiger partial charge on any atom is -0.483 e. The van der Waals surface area contributed by atoms with Crippen molar-refractivity contribution in [1.82, 2.24) is 0 Å². The number of carbonyl (C=O) groups is 1. The highest BCUT2D eigenvalue weighted by Gasteiger charge is 1.57. The average molecular weight is 158 g/mol. The summed E-state index contributed by atoms with van der Waals surface area (Å²) in [6.45, 7) is -0.250. The van der Waals surface area contributed by atoms with E-state index in [0.717, 1.165) is 0 Å². The third kappa shape index (κ3) is 17.7. The van der Waals surface area contributed by atoms with Crippen molar-refractivity contribution >= 4 is 6.47 Å². The number of rotatable bonds is 0. The first-order valence-corrected chi connectivity index (χ1v) is 2.87. The van der Waals surface area contributed by atoms with Crippen molar-refractivity contribution in [2.45, 2.75) is 0 Å². The zero-order chi connectivity index (χ0) is 8.95. The average Bonchev–Trinajstić information content (AvgIpc) is 2.12. The standard InChI is InChI=1S/C6H6.CH3F.CH2O2/c1-2-4-6-5-3-1;1-2;2-1-3/h1-6H;1H3;1H,(H,2,3). The molecular weight excluding hydrogens is 147 g/mol. The maximum Gasteiger partial charge on any atom is 0.290 e. The first kappa shape index (κ1) is 12.3. The molecule has 0 unspecified atom stereocenters. The van der Waals surface area contributed by atoms with Crippen LogP contribution in [0.15, 0.2) is 36.4 Å². The van der Waals surface area contributed by atoms with Gasteiger partial charge in [-0.05, 0) is 0 Å². The quantitative estimate of drug-likeness (QED) is 0.586. The predicted molar refractivity (Wildman–Crippen MR) is 42.2 cm³/mol. The van der Waals surface area contributed by atoms with Crippen molar-refractivity contribution < 1.29 is 14.3 Å². The van der Waals surface area contributed by atoms with Crippen LogP contribution in [0.2, 0.25) is 0 Å². The zero-order valence-electron chi connectivity index (χ0n) is 6.27. The monoisotopic (exact) mass is 158 g/mol. The van der Waals surface area contributed by atoms with Gasteiger partial charge in [0.2, 0.25) is 0 Å². The first-order chi connectivity index (χ1) is 5.41. The Labute approximate surface area is 65.3 Å². The van der Waals surface area contributed by atoms with Gasteiger partial charge in [-0.2, -0.15) is 0 Å². The van der Waals surface area contributed by atoms with Crippen molar-refractivity contribution in [3.8, 4) is 0 Å². The molecule has 0 aliphatic heterocycles. The summed E-state index contributed by atoms with van der Waals surface area (Å²) in [6.07, 6.45) is 0. The smallest absolute Gasteiger partial charge is 0.290 e. The Hall–Kier alpha value is -1.38. The van der Waals surface area contributed by atoms with Crippen LogP contribution in [0.3, 0.4) is 0 Å². The molecule has 1 N–H and O–H groups in total. The lowest BCUT2D eigenvalue weighted by Gasteiger charge is -1.69. The molecule has 2 nitrogen and oxygen atoms in total. The molecule has 0 spiro atoms. The molecular formula is C8H11FO2. The Balaban J connectivity index is 0. The number of alkyl halides is 1. The molecule has 0 saturated carbocycles. The van der Waals surface area contributed by atoms with Gasteiger partial charge < -0.3 is 5.11 Å². The highest BCUT2D eigenvalue weighted by molar-refractivity contribution is 5.32. The van der Waals surface area contributed by atoms with Crippen LogP contribution in [-0.2, 0) is 4.79 Å². The summed E-state index contributed by atoms with van der Waals surface area (Å²) in [5.41, 5.74) is 0. The van der Waals surface area contributed by atoms with E-state index in [1.807, 2.05) is 36.4 Å². The molecule has 0 fully saturated rings. The molecule has 0 heterocycles. The van der Waals surface area contributed by atoms with E-state index in [1.165, 1.54) is 0 Å². The highest BCUT2D eigenvalue weighted by Crippen LogP contribution is 1.79. The van der Waals surface area contributed by atoms with Gasteiger partial charge in [-0.3, -0.25) is 9.18 Å². The molecule has 0 atom stereocenters. The van der Waals surface area contributed by atoms with Gasteiger partial charge in [0.05, 0.1) is 7.18 Å². The summed E-state index contributed by atoms with van der Waals surface area (Å²) in [5.74, 6) is 0. The van der Waals surface area contributed by atoms with E-state index in [4.69, 9.17) is 9.90 Å². The first-order valence-electron chi connectivity index (χ1n) is 2.87. The van der Waals surface area contributed by atoms with E-state index in [9.17, 15) is 4.39 Å². The molecule has 1 aromatic carbocycles. The van der Waals surface area contributed by atoms with Crippen molar-refractivity contribution in [2.75, 3.05) is 7.18 Å².